The Hall–Kier alpha value is -1.10. The molecule has 1 aliphatic rings. The van der Waals surface area contributed by atoms with Crippen molar-refractivity contribution in [1.29, 1.82) is 0 Å². The SMILES string of the molecule is COc1ccccc1COCCN1CCNCC1. The lowest BCUT2D eigenvalue weighted by atomic mass is 10.2. The van der Waals surface area contributed by atoms with Crippen LogP contribution in [0, 0.1) is 0 Å². The van der Waals surface area contributed by atoms with E-state index in [0.717, 1.165) is 50.6 Å². The molecule has 0 saturated carbocycles. The molecule has 0 amide bonds. The highest BCUT2D eigenvalue weighted by atomic mass is 16.5. The van der Waals surface area contributed by atoms with Crippen LogP contribution in [0.3, 0.4) is 0 Å². The molecule has 4 nitrogen and oxygen atoms in total. The lowest BCUT2D eigenvalue weighted by Crippen LogP contribution is -2.44. The molecule has 0 atom stereocenters. The molecule has 0 bridgehead atoms. The van der Waals surface area contributed by atoms with E-state index in [-0.39, 0.29) is 0 Å². The molecule has 1 heterocycles. The Morgan fingerprint density at radius 1 is 1.22 bits per heavy atom. The van der Waals surface area contributed by atoms with Crippen LogP contribution in [0.15, 0.2) is 24.3 Å². The summed E-state index contributed by atoms with van der Waals surface area (Å²) in [6, 6.07) is 8.00. The fourth-order valence-corrected chi connectivity index (χ4v) is 2.13. The van der Waals surface area contributed by atoms with Gasteiger partial charge in [0.15, 0.2) is 0 Å². The van der Waals surface area contributed by atoms with Crippen molar-refractivity contribution in [1.82, 2.24) is 10.2 Å². The molecule has 2 rings (SSSR count). The molecular formula is C14H22N2O2. The Kier molecular flexibility index (Phi) is 5.45. The first-order valence-corrected chi connectivity index (χ1v) is 6.53. The summed E-state index contributed by atoms with van der Waals surface area (Å²) in [7, 11) is 1.69. The second-order valence-electron chi connectivity index (χ2n) is 4.46. The molecule has 4 heteroatoms. The van der Waals surface area contributed by atoms with Crippen molar-refractivity contribution in [2.75, 3.05) is 46.4 Å². The van der Waals surface area contributed by atoms with Crippen molar-refractivity contribution in [3.05, 3.63) is 29.8 Å². The zero-order valence-electron chi connectivity index (χ0n) is 11.0. The summed E-state index contributed by atoms with van der Waals surface area (Å²) in [5.74, 6) is 0.902. The maximum atomic E-state index is 5.72. The van der Waals surface area contributed by atoms with E-state index >= 15 is 0 Å². The second-order valence-corrected chi connectivity index (χ2v) is 4.46. The van der Waals surface area contributed by atoms with Gasteiger partial charge in [0.2, 0.25) is 0 Å². The van der Waals surface area contributed by atoms with E-state index in [1.165, 1.54) is 0 Å². The van der Waals surface area contributed by atoms with Gasteiger partial charge < -0.3 is 14.8 Å². The molecule has 0 aromatic heterocycles. The molecule has 18 heavy (non-hydrogen) atoms. The average molecular weight is 250 g/mol. The predicted octanol–water partition coefficient (Wildman–Crippen LogP) is 1.12. The Morgan fingerprint density at radius 3 is 2.78 bits per heavy atom. The highest BCUT2D eigenvalue weighted by Gasteiger charge is 2.08. The number of ether oxygens (including phenoxy) is 2. The molecule has 1 saturated heterocycles. The van der Waals surface area contributed by atoms with Gasteiger partial charge in [0.25, 0.3) is 0 Å². The van der Waals surface area contributed by atoms with E-state index in [4.69, 9.17) is 9.47 Å². The van der Waals surface area contributed by atoms with E-state index in [1.807, 2.05) is 24.3 Å². The average Bonchev–Trinajstić information content (AvgIpc) is 2.45. The van der Waals surface area contributed by atoms with Crippen LogP contribution in [-0.2, 0) is 11.3 Å². The van der Waals surface area contributed by atoms with Crippen LogP contribution in [-0.4, -0.2) is 51.3 Å². The topological polar surface area (TPSA) is 33.7 Å². The molecule has 0 radical (unpaired) electrons. The van der Waals surface area contributed by atoms with Gasteiger partial charge in [-0.2, -0.15) is 0 Å². The highest BCUT2D eigenvalue weighted by Crippen LogP contribution is 2.17. The maximum absolute atomic E-state index is 5.72. The van der Waals surface area contributed by atoms with Crippen LogP contribution in [0.4, 0.5) is 0 Å². The number of hydrogen-bond donors (Lipinski definition) is 1. The van der Waals surface area contributed by atoms with Crippen molar-refractivity contribution in [2.45, 2.75) is 6.61 Å². The van der Waals surface area contributed by atoms with Crippen molar-refractivity contribution in [2.24, 2.45) is 0 Å². The maximum Gasteiger partial charge on any atom is 0.124 e. The van der Waals surface area contributed by atoms with E-state index < -0.39 is 0 Å². The van der Waals surface area contributed by atoms with Crippen molar-refractivity contribution in [3.8, 4) is 5.75 Å². The van der Waals surface area contributed by atoms with Gasteiger partial charge in [-0.25, -0.2) is 0 Å². The van der Waals surface area contributed by atoms with Crippen LogP contribution < -0.4 is 10.1 Å². The molecule has 1 aromatic carbocycles. The van der Waals surface area contributed by atoms with Crippen LogP contribution in [0.25, 0.3) is 0 Å². The summed E-state index contributed by atoms with van der Waals surface area (Å²) in [6.45, 7) is 6.83. The molecule has 1 aliphatic heterocycles. The summed E-state index contributed by atoms with van der Waals surface area (Å²) in [5, 5.41) is 3.35. The third-order valence-electron chi connectivity index (χ3n) is 3.21. The van der Waals surface area contributed by atoms with Crippen molar-refractivity contribution >= 4 is 0 Å². The Balaban J connectivity index is 1.68. The van der Waals surface area contributed by atoms with Crippen molar-refractivity contribution < 1.29 is 9.47 Å². The minimum atomic E-state index is 0.621. The minimum absolute atomic E-state index is 0.621. The molecule has 100 valence electrons. The summed E-state index contributed by atoms with van der Waals surface area (Å²) in [4.78, 5) is 2.43. The molecule has 0 aliphatic carbocycles. The van der Waals surface area contributed by atoms with Gasteiger partial charge >= 0.3 is 0 Å². The molecule has 1 aromatic rings. The molecule has 0 spiro atoms. The molecule has 0 unspecified atom stereocenters. The first-order valence-electron chi connectivity index (χ1n) is 6.53. The monoisotopic (exact) mass is 250 g/mol. The molecule has 1 fully saturated rings. The number of nitrogens with zero attached hydrogens (tertiary/aromatic N) is 1. The number of rotatable bonds is 6. The zero-order chi connectivity index (χ0) is 12.6. The summed E-state index contributed by atoms with van der Waals surface area (Å²) < 4.78 is 11.0. The number of benzene rings is 1. The highest BCUT2D eigenvalue weighted by molar-refractivity contribution is 5.32. The van der Waals surface area contributed by atoms with Gasteiger partial charge in [-0.05, 0) is 6.07 Å². The van der Waals surface area contributed by atoms with Crippen molar-refractivity contribution in [3.63, 3.8) is 0 Å². The standard InChI is InChI=1S/C14H22N2O2/c1-17-14-5-3-2-4-13(14)12-18-11-10-16-8-6-15-7-9-16/h2-5,15H,6-12H2,1H3. The predicted molar refractivity (Wildman–Crippen MR) is 72.0 cm³/mol. The Labute approximate surface area is 109 Å². The van der Waals surface area contributed by atoms with Gasteiger partial charge in [0.1, 0.15) is 5.75 Å². The normalized spacial score (nSPS) is 16.7. The van der Waals surface area contributed by atoms with Crippen LogP contribution >= 0.6 is 0 Å². The van der Waals surface area contributed by atoms with Gasteiger partial charge in [-0.3, -0.25) is 4.90 Å². The molecular weight excluding hydrogens is 228 g/mol. The summed E-state index contributed by atoms with van der Waals surface area (Å²) in [6.07, 6.45) is 0. The van der Waals surface area contributed by atoms with Crippen LogP contribution in [0.2, 0.25) is 0 Å². The summed E-state index contributed by atoms with van der Waals surface area (Å²) >= 11 is 0. The first kappa shape index (κ1) is 13.3. The second kappa shape index (κ2) is 7.36. The zero-order valence-corrected chi connectivity index (χ0v) is 11.0. The number of nitrogens with one attached hydrogen (secondary N) is 1. The van der Waals surface area contributed by atoms with Gasteiger partial charge in [0, 0.05) is 38.3 Å². The van der Waals surface area contributed by atoms with E-state index in [2.05, 4.69) is 10.2 Å². The van der Waals surface area contributed by atoms with Gasteiger partial charge in [-0.15, -0.1) is 0 Å². The Bertz CT molecular complexity index is 351. The third kappa shape index (κ3) is 3.98. The number of methoxy groups -OCH3 is 1. The van der Waals surface area contributed by atoms with E-state index in [1.54, 1.807) is 7.11 Å². The fraction of sp³-hybridized carbons (Fsp3) is 0.571. The lowest BCUT2D eigenvalue weighted by Gasteiger charge is -2.26. The Morgan fingerprint density at radius 2 is 2.00 bits per heavy atom. The fourth-order valence-electron chi connectivity index (χ4n) is 2.13. The van der Waals surface area contributed by atoms with Crippen LogP contribution in [0.5, 0.6) is 5.75 Å². The quantitative estimate of drug-likeness (QED) is 0.767. The minimum Gasteiger partial charge on any atom is -0.496 e. The van der Waals surface area contributed by atoms with Gasteiger partial charge in [0.05, 0.1) is 20.3 Å². The smallest absolute Gasteiger partial charge is 0.124 e. The van der Waals surface area contributed by atoms with Crippen LogP contribution in [0.1, 0.15) is 5.56 Å². The lowest BCUT2D eigenvalue weighted by molar-refractivity contribution is 0.0874. The molecule has 1 N–H and O–H groups in total. The number of hydrogen-bond acceptors (Lipinski definition) is 4. The largest absolute Gasteiger partial charge is 0.496 e. The van der Waals surface area contributed by atoms with E-state index in [0.29, 0.717) is 6.61 Å². The van der Waals surface area contributed by atoms with Gasteiger partial charge in [-0.1, -0.05) is 18.2 Å². The number of para-hydroxylation sites is 1. The third-order valence-corrected chi connectivity index (χ3v) is 3.21. The van der Waals surface area contributed by atoms with E-state index in [9.17, 15) is 0 Å². The first-order chi connectivity index (χ1) is 8.90. The number of piperazine rings is 1. The summed E-state index contributed by atoms with van der Waals surface area (Å²) in [5.41, 5.74) is 1.11.